The number of rotatable bonds is 14. The minimum absolute atomic E-state index is 0. The van der Waals surface area contributed by atoms with Crippen molar-refractivity contribution in [3.8, 4) is 23.0 Å². The van der Waals surface area contributed by atoms with E-state index in [0.717, 1.165) is 11.4 Å². The van der Waals surface area contributed by atoms with E-state index < -0.39 is 37.7 Å². The molecule has 2 amide bonds. The van der Waals surface area contributed by atoms with Gasteiger partial charge in [0.05, 0.1) is 61.5 Å². The van der Waals surface area contributed by atoms with Crippen molar-refractivity contribution in [3.63, 3.8) is 0 Å². The van der Waals surface area contributed by atoms with Gasteiger partial charge in [-0.25, -0.2) is 19.0 Å². The Balaban J connectivity index is 0.000000234. The van der Waals surface area contributed by atoms with Gasteiger partial charge in [0.15, 0.2) is 0 Å². The van der Waals surface area contributed by atoms with Gasteiger partial charge in [0.25, 0.3) is 0 Å². The molecule has 24 nitrogen and oxygen atoms in total. The van der Waals surface area contributed by atoms with E-state index >= 15 is 0 Å². The number of carboxylic acid groups (broad SMARTS) is 2. The first kappa shape index (κ1) is 50.7. The van der Waals surface area contributed by atoms with Crippen LogP contribution in [-0.4, -0.2) is 160 Å². The maximum atomic E-state index is 12.5. The number of likely N-dealkylation sites (tertiary alicyclic amines) is 2. The Morgan fingerprint density at radius 1 is 0.672 bits per heavy atom. The SMILES string of the molecule is CNCc1cnnn1CC(=O)N1CC(Oc2ccc3c(c2C(=O)O)O[B-](O)(O)CC3)C1.CNCc1cnnn1CC(=O)N1CC(Oc2ccc3c(c2C(=O)O)O[B-](O)(O)CC3)C1.[Na+].[Na+]. The summed E-state index contributed by atoms with van der Waals surface area (Å²) in [5.41, 5.74) is 2.21. The molecule has 0 aliphatic carbocycles. The number of nitrogens with zero attached hydrogens (tertiary/aromatic N) is 8. The molecule has 2 aromatic carbocycles. The molecule has 332 valence electrons. The van der Waals surface area contributed by atoms with Gasteiger partial charge in [-0.15, -0.1) is 10.2 Å². The molecule has 2 saturated heterocycles. The number of nitrogens with one attached hydrogen (secondary N) is 2. The fourth-order valence-electron chi connectivity index (χ4n) is 7.37. The van der Waals surface area contributed by atoms with E-state index in [4.69, 9.17) is 18.8 Å². The van der Waals surface area contributed by atoms with Crippen molar-refractivity contribution in [2.75, 3.05) is 40.3 Å². The number of ether oxygens (including phenoxy) is 2. The number of carboxylic acids is 2. The molecule has 6 heterocycles. The van der Waals surface area contributed by atoms with Crippen LogP contribution in [0.25, 0.3) is 0 Å². The third-order valence-corrected chi connectivity index (χ3v) is 10.7. The summed E-state index contributed by atoms with van der Waals surface area (Å²) in [6.07, 6.45) is 2.95. The minimum atomic E-state index is -3.11. The van der Waals surface area contributed by atoms with E-state index in [-0.39, 0.29) is 144 Å². The molecule has 0 atom stereocenters. The second-order valence-corrected chi connectivity index (χ2v) is 15.4. The number of aryl methyl sites for hydroxylation is 2. The maximum Gasteiger partial charge on any atom is 1.00 e. The van der Waals surface area contributed by atoms with E-state index in [9.17, 15) is 49.5 Å². The Labute approximate surface area is 409 Å². The molecule has 0 bridgehead atoms. The fraction of sp³-hybridized carbons (Fsp3) is 0.444. The van der Waals surface area contributed by atoms with E-state index in [1.807, 2.05) is 0 Å². The molecule has 0 radical (unpaired) electrons. The van der Waals surface area contributed by atoms with E-state index in [0.29, 0.717) is 50.4 Å². The van der Waals surface area contributed by atoms with Crippen molar-refractivity contribution < 1.29 is 127 Å². The summed E-state index contributed by atoms with van der Waals surface area (Å²) in [5, 5.41) is 80.0. The molecule has 28 heteroatoms. The van der Waals surface area contributed by atoms with Gasteiger partial charge in [-0.2, -0.15) is 0 Å². The van der Waals surface area contributed by atoms with Crippen molar-refractivity contribution in [1.29, 1.82) is 0 Å². The number of amides is 2. The van der Waals surface area contributed by atoms with Crippen LogP contribution in [0, 0.1) is 0 Å². The van der Waals surface area contributed by atoms with Gasteiger partial charge in [0.1, 0.15) is 47.9 Å². The standard InChI is InChI=1S/2C18H23BN5O7.2Na/c2*1-20-6-12-7-21-22-24(12)10-15(25)23-8-13(9-23)30-14-3-2-11-4-5-19(28,29)31-17(11)16(14)18(26)27;;/h2*2-3,7,13,20,28-29H,4-6,8-10H2,1H3,(H,26,27);;/q2*-1;2*+1. The number of aromatic carboxylic acids is 2. The number of aromatic nitrogens is 6. The fourth-order valence-corrected chi connectivity index (χ4v) is 7.37. The predicted octanol–water partition coefficient (Wildman–Crippen LogP) is -8.30. The van der Waals surface area contributed by atoms with Crippen LogP contribution in [0.3, 0.4) is 0 Å². The number of carbonyl (C=O) groups excluding carboxylic acids is 2. The smallest absolute Gasteiger partial charge is 0.669 e. The number of hydrogen-bond acceptors (Lipinski definition) is 18. The van der Waals surface area contributed by atoms with Gasteiger partial charge in [-0.1, -0.05) is 35.2 Å². The normalized spacial score (nSPS) is 16.9. The van der Waals surface area contributed by atoms with Crippen LogP contribution in [0.1, 0.15) is 43.2 Å². The molecule has 4 aliphatic heterocycles. The molecular formula is C36H46B2N10Na2O14. The zero-order valence-corrected chi connectivity index (χ0v) is 39.8. The molecule has 8 rings (SSSR count). The Hall–Kier alpha value is -4.31. The molecule has 8 N–H and O–H groups in total. The molecular weight excluding hydrogens is 864 g/mol. The van der Waals surface area contributed by atoms with Crippen molar-refractivity contribution >= 4 is 37.3 Å². The quantitative estimate of drug-likeness (QED) is 0.0545. The molecule has 2 fully saturated rings. The number of hydrogen-bond donors (Lipinski definition) is 8. The van der Waals surface area contributed by atoms with Crippen LogP contribution in [0.15, 0.2) is 36.7 Å². The summed E-state index contributed by atoms with van der Waals surface area (Å²) >= 11 is 0. The first-order valence-corrected chi connectivity index (χ1v) is 19.8. The van der Waals surface area contributed by atoms with Gasteiger partial charge < -0.3 is 69.5 Å². The summed E-state index contributed by atoms with van der Waals surface area (Å²) in [6, 6.07) is 6.37. The maximum absolute atomic E-state index is 12.5. The largest absolute Gasteiger partial charge is 1.00 e. The molecule has 4 aromatic rings. The molecule has 4 aliphatic rings. The summed E-state index contributed by atoms with van der Waals surface area (Å²) in [7, 11) is 3.57. The van der Waals surface area contributed by atoms with E-state index in [1.165, 1.54) is 21.5 Å². The van der Waals surface area contributed by atoms with Crippen molar-refractivity contribution in [3.05, 3.63) is 70.3 Å². The summed E-state index contributed by atoms with van der Waals surface area (Å²) in [6.45, 7) is -3.87. The first-order chi connectivity index (χ1) is 29.5. The second-order valence-electron chi connectivity index (χ2n) is 15.4. The van der Waals surface area contributed by atoms with Gasteiger partial charge in [0.2, 0.25) is 11.8 Å². The first-order valence-electron chi connectivity index (χ1n) is 19.8. The summed E-state index contributed by atoms with van der Waals surface area (Å²) in [4.78, 5) is 51.8. The van der Waals surface area contributed by atoms with Crippen LogP contribution in [0.4, 0.5) is 0 Å². The molecule has 2 aromatic heterocycles. The third-order valence-electron chi connectivity index (χ3n) is 10.7. The summed E-state index contributed by atoms with van der Waals surface area (Å²) < 4.78 is 25.0. The van der Waals surface area contributed by atoms with Crippen molar-refractivity contribution in [2.45, 2.75) is 63.9 Å². The van der Waals surface area contributed by atoms with Crippen LogP contribution >= 0.6 is 0 Å². The van der Waals surface area contributed by atoms with Crippen LogP contribution < -0.4 is 88.5 Å². The molecule has 0 unspecified atom stereocenters. The molecule has 0 spiro atoms. The zero-order chi connectivity index (χ0) is 44.3. The van der Waals surface area contributed by atoms with Crippen molar-refractivity contribution in [1.82, 2.24) is 50.4 Å². The summed E-state index contributed by atoms with van der Waals surface area (Å²) in [5.74, 6) is -2.94. The molecule has 0 saturated carbocycles. The number of benzene rings is 2. The average Bonchev–Trinajstić information content (AvgIpc) is 3.81. The van der Waals surface area contributed by atoms with Crippen LogP contribution in [-0.2, 0) is 48.6 Å². The number of fused-ring (bicyclic) bond motifs is 2. The van der Waals surface area contributed by atoms with Crippen LogP contribution in [0.2, 0.25) is 12.6 Å². The van der Waals surface area contributed by atoms with Crippen molar-refractivity contribution in [2.24, 2.45) is 0 Å². The third kappa shape index (κ3) is 11.7. The average molecular weight is 910 g/mol. The van der Waals surface area contributed by atoms with Gasteiger partial charge in [-0.05, 0) is 50.2 Å². The molecule has 64 heavy (non-hydrogen) atoms. The van der Waals surface area contributed by atoms with Crippen LogP contribution in [0.5, 0.6) is 23.0 Å². The Morgan fingerprint density at radius 2 is 1.05 bits per heavy atom. The number of carbonyl (C=O) groups is 4. The van der Waals surface area contributed by atoms with Gasteiger partial charge in [-0.3, -0.25) is 9.59 Å². The predicted molar refractivity (Wildman–Crippen MR) is 213 cm³/mol. The monoisotopic (exact) mass is 910 g/mol. The minimum Gasteiger partial charge on any atom is -0.669 e. The van der Waals surface area contributed by atoms with Gasteiger partial charge in [0, 0.05) is 13.1 Å². The van der Waals surface area contributed by atoms with Gasteiger partial charge >= 0.3 is 84.6 Å². The Kier molecular flexibility index (Phi) is 16.9. The Bertz CT molecular complexity index is 2180. The topological polar surface area (TPSA) is 319 Å². The Morgan fingerprint density at radius 3 is 1.39 bits per heavy atom. The van der Waals surface area contributed by atoms with E-state index in [2.05, 4.69) is 31.3 Å². The van der Waals surface area contributed by atoms with E-state index in [1.54, 1.807) is 48.4 Å². The zero-order valence-electron chi connectivity index (χ0n) is 35.8. The second kappa shape index (κ2) is 21.3.